The summed E-state index contributed by atoms with van der Waals surface area (Å²) < 4.78 is 10.3. The van der Waals surface area contributed by atoms with E-state index in [1.807, 2.05) is 11.4 Å². The van der Waals surface area contributed by atoms with E-state index in [0.29, 0.717) is 12.0 Å². The Hall–Kier alpha value is -8.77. The Kier molecular flexibility index (Phi) is 29.4. The molecule has 2 rings (SSSR count). The summed E-state index contributed by atoms with van der Waals surface area (Å²) in [6.07, 6.45) is -3.17. The molecule has 0 radical (unpaired) electrons. The zero-order valence-corrected chi connectivity index (χ0v) is 44.8. The number of nitrogens with two attached hydrogens (primary N) is 3. The fraction of sp³-hybridized carbons (Fsp3) is 0.500. The van der Waals surface area contributed by atoms with Crippen molar-refractivity contribution in [3.63, 3.8) is 0 Å². The summed E-state index contributed by atoms with van der Waals surface area (Å²) in [4.78, 5) is 166. The Morgan fingerprint density at radius 2 is 1.02 bits per heavy atom. The molecule has 18 N–H and O–H groups in total. The van der Waals surface area contributed by atoms with Crippen molar-refractivity contribution in [1.29, 1.82) is 0 Å². The number of hydrogen-bond donors (Lipinski definition) is 15. The lowest BCUT2D eigenvalue weighted by molar-refractivity contribution is -0.135. The van der Waals surface area contributed by atoms with Gasteiger partial charge in [-0.3, -0.25) is 58.1 Å². The van der Waals surface area contributed by atoms with Crippen LogP contribution in [0.5, 0.6) is 0 Å². The molecule has 0 fully saturated rings. The van der Waals surface area contributed by atoms with Crippen molar-refractivity contribution in [2.24, 2.45) is 17.2 Å². The molecular weight excluding hydrogens is 1050 g/mol. The lowest BCUT2D eigenvalue weighted by atomic mass is 10.0. The summed E-state index contributed by atoms with van der Waals surface area (Å²) in [6.45, 7) is 2.37. The van der Waals surface area contributed by atoms with Crippen LogP contribution in [0.1, 0.15) is 77.3 Å². The molecule has 80 heavy (non-hydrogen) atoms. The monoisotopic (exact) mass is 1130 g/mol. The number of amides is 13. The molecule has 0 saturated heterocycles. The molecule has 13 amide bonds. The van der Waals surface area contributed by atoms with Gasteiger partial charge >= 0.3 is 12.2 Å². The second kappa shape index (κ2) is 34.9. The molecule has 0 aliphatic heterocycles. The Bertz CT molecular complexity index is 2460. The van der Waals surface area contributed by atoms with Gasteiger partial charge in [0.2, 0.25) is 59.1 Å². The maximum atomic E-state index is 13.5. The normalized spacial score (nSPS) is 13.5. The van der Waals surface area contributed by atoms with Gasteiger partial charge in [-0.05, 0) is 64.5 Å². The number of hydrogen-bond acceptors (Lipinski definition) is 18. The first-order valence-electron chi connectivity index (χ1n) is 25.1. The van der Waals surface area contributed by atoms with E-state index in [2.05, 4.69) is 47.9 Å². The highest BCUT2D eigenvalue weighted by molar-refractivity contribution is 6.00. The van der Waals surface area contributed by atoms with Crippen LogP contribution in [0.2, 0.25) is 0 Å². The summed E-state index contributed by atoms with van der Waals surface area (Å²) in [5.74, 6) is -11.3. The maximum Gasteiger partial charge on any atom is 0.414 e. The van der Waals surface area contributed by atoms with Gasteiger partial charge in [0.15, 0.2) is 0 Å². The topological polar surface area (TPSA) is 479 Å². The average Bonchev–Trinajstić information content (AvgIpc) is 3.39. The van der Waals surface area contributed by atoms with Gasteiger partial charge in [-0.2, -0.15) is 0 Å². The molecule has 2 aromatic rings. The predicted octanol–water partition coefficient (Wildman–Crippen LogP) is -5.01. The molecule has 0 spiro atoms. The zero-order chi connectivity index (χ0) is 60.0. The number of rotatable bonds is 33. The zero-order valence-electron chi connectivity index (χ0n) is 44.8. The predicted molar refractivity (Wildman–Crippen MR) is 281 cm³/mol. The molecule has 0 aliphatic rings. The van der Waals surface area contributed by atoms with E-state index in [1.165, 1.54) is 6.92 Å². The van der Waals surface area contributed by atoms with Crippen LogP contribution in [0, 0.1) is 0 Å². The number of benzene rings is 2. The van der Waals surface area contributed by atoms with Crippen molar-refractivity contribution in [3.05, 3.63) is 71.8 Å². The molecule has 2 aromatic carbocycles. The van der Waals surface area contributed by atoms with E-state index in [-0.39, 0.29) is 32.4 Å². The third-order valence-electron chi connectivity index (χ3n) is 10.9. The Morgan fingerprint density at radius 1 is 0.525 bits per heavy atom. The third kappa shape index (κ3) is 27.5. The number of aliphatic hydroxyl groups excluding tert-OH is 2. The minimum Gasteiger partial charge on any atom is -0.445 e. The van der Waals surface area contributed by atoms with Gasteiger partial charge in [-0.1, -0.05) is 60.7 Å². The molecule has 30 heteroatoms. The van der Waals surface area contributed by atoms with Crippen LogP contribution in [-0.4, -0.2) is 168 Å². The van der Waals surface area contributed by atoms with Gasteiger partial charge in [-0.15, -0.1) is 0 Å². The highest BCUT2D eigenvalue weighted by Crippen LogP contribution is 2.10. The molecule has 0 saturated carbocycles. The molecule has 0 unspecified atom stereocenters. The van der Waals surface area contributed by atoms with E-state index in [0.717, 1.165) is 5.56 Å². The lowest BCUT2D eigenvalue weighted by Gasteiger charge is -2.25. The molecule has 30 nitrogen and oxygen atoms in total. The number of unbranched alkanes of at least 4 members (excludes halogenated alkanes) is 1. The molecular formula is C50H73N13O17. The second-order valence-electron chi connectivity index (χ2n) is 18.9. The number of nitrogens with one attached hydrogen (secondary N) is 10. The van der Waals surface area contributed by atoms with Crippen LogP contribution in [0.4, 0.5) is 9.59 Å². The van der Waals surface area contributed by atoms with Gasteiger partial charge < -0.3 is 84.7 Å². The van der Waals surface area contributed by atoms with Crippen LogP contribution >= 0.6 is 0 Å². The van der Waals surface area contributed by atoms with Crippen molar-refractivity contribution in [2.45, 2.75) is 127 Å². The summed E-state index contributed by atoms with van der Waals surface area (Å²) in [6, 6.07) is 6.43. The minimum absolute atomic E-state index is 0.0178. The summed E-state index contributed by atoms with van der Waals surface area (Å²) in [5.41, 5.74) is 16.6. The van der Waals surface area contributed by atoms with Crippen LogP contribution in [0.25, 0.3) is 0 Å². The average molecular weight is 1130 g/mol. The number of primary amides is 2. The van der Waals surface area contributed by atoms with Crippen molar-refractivity contribution in [2.75, 3.05) is 32.8 Å². The van der Waals surface area contributed by atoms with E-state index >= 15 is 0 Å². The lowest BCUT2D eigenvalue weighted by Crippen LogP contribution is -2.59. The standard InChI is InChI=1S/C50H73N13O17/c1-28(51)41(70)58-31(17-11-12-20-54-48(77)79-27-30-15-9-6-10-16-30)43(72)62-36(26-65)47(76)59-32(18-19-37(52)66)42(71)56-23-39(68)55-24-40(69)57-35(25-64)46(75)61-34(22-38(53)67)44(73)60-33(21-29-13-7-5-8-14-29)45(74)63-49(78)80-50(2,3)4/h5-10,13-16,28,31-36,64-65H,11-12,17-27,51H2,1-4H3,(H2,52,66)(H2,53,67)(H,54,77)(H,55,68)(H,56,71)(H,57,69)(H,58,70)(H,59,76)(H,60,73)(H,61,75)(H,62,72)(H,63,74,78)/t28-,31-,32-,33-,34-,35-,36-/m0/s1. The van der Waals surface area contributed by atoms with Crippen LogP contribution in [-0.2, 0) is 75.2 Å². The fourth-order valence-electron chi connectivity index (χ4n) is 6.78. The van der Waals surface area contributed by atoms with Crippen molar-refractivity contribution < 1.29 is 82.0 Å². The molecule has 0 aromatic heterocycles. The summed E-state index contributed by atoms with van der Waals surface area (Å²) in [5, 5.41) is 42.6. The fourth-order valence-corrected chi connectivity index (χ4v) is 6.78. The molecule has 0 bridgehead atoms. The van der Waals surface area contributed by atoms with Gasteiger partial charge in [0.05, 0.1) is 38.8 Å². The minimum atomic E-state index is -1.81. The number of carbonyl (C=O) groups is 13. The first-order chi connectivity index (χ1) is 37.7. The van der Waals surface area contributed by atoms with Gasteiger partial charge in [-0.25, -0.2) is 9.59 Å². The Labute approximate surface area is 460 Å². The highest BCUT2D eigenvalue weighted by Gasteiger charge is 2.33. The van der Waals surface area contributed by atoms with Gasteiger partial charge in [0.25, 0.3) is 5.91 Å². The number of ether oxygens (including phenoxy) is 2. The van der Waals surface area contributed by atoms with E-state index in [4.69, 9.17) is 26.7 Å². The molecule has 7 atom stereocenters. The molecule has 440 valence electrons. The largest absolute Gasteiger partial charge is 0.445 e. The first kappa shape index (κ1) is 67.3. The second-order valence-corrected chi connectivity index (χ2v) is 18.9. The molecule has 0 aliphatic carbocycles. The van der Waals surface area contributed by atoms with Crippen molar-refractivity contribution in [3.8, 4) is 0 Å². The Balaban J connectivity index is 2.02. The SMILES string of the molecule is C[C@H](N)C(=O)N[C@@H](CCCCNC(=O)OCc1ccccc1)C(=O)N[C@@H](CO)C(=O)N[C@@H](CCC(N)=O)C(=O)NCC(=O)NCC(=O)N[C@@H](CO)C(=O)N[C@@H](CC(N)=O)C(=O)N[C@@H](Cc1ccccc1)C(=O)NC(=O)OC(C)(C)C. The van der Waals surface area contributed by atoms with E-state index in [1.54, 1.807) is 75.4 Å². The van der Waals surface area contributed by atoms with Gasteiger partial charge in [0.1, 0.15) is 48.5 Å². The van der Waals surface area contributed by atoms with Crippen LogP contribution in [0.15, 0.2) is 60.7 Å². The van der Waals surface area contributed by atoms with Crippen LogP contribution in [0.3, 0.4) is 0 Å². The number of alkyl carbamates (subject to hydrolysis) is 2. The molecule has 0 heterocycles. The van der Waals surface area contributed by atoms with E-state index in [9.17, 15) is 72.5 Å². The van der Waals surface area contributed by atoms with Crippen molar-refractivity contribution >= 4 is 77.2 Å². The number of carbonyl (C=O) groups excluding carboxylic acids is 13. The number of aliphatic hydroxyl groups is 2. The van der Waals surface area contributed by atoms with Crippen LogP contribution < -0.4 is 70.4 Å². The third-order valence-corrected chi connectivity index (χ3v) is 10.9. The summed E-state index contributed by atoms with van der Waals surface area (Å²) in [7, 11) is 0. The van der Waals surface area contributed by atoms with E-state index < -0.39 is 171 Å². The quantitative estimate of drug-likeness (QED) is 0.0298. The Morgan fingerprint density at radius 3 is 1.59 bits per heavy atom. The van der Waals surface area contributed by atoms with Crippen molar-refractivity contribution in [1.82, 2.24) is 53.2 Å². The maximum absolute atomic E-state index is 13.5. The highest BCUT2D eigenvalue weighted by atomic mass is 16.6. The summed E-state index contributed by atoms with van der Waals surface area (Å²) >= 11 is 0. The number of imide groups is 1. The first-order valence-corrected chi connectivity index (χ1v) is 25.1. The smallest absolute Gasteiger partial charge is 0.414 e. The van der Waals surface area contributed by atoms with Gasteiger partial charge in [0, 0.05) is 19.4 Å².